The summed E-state index contributed by atoms with van der Waals surface area (Å²) in [7, 11) is 1.43. The van der Waals surface area contributed by atoms with Crippen molar-refractivity contribution in [3.8, 4) is 11.5 Å². The molecule has 0 heterocycles. The van der Waals surface area contributed by atoms with E-state index in [4.69, 9.17) is 9.47 Å². The van der Waals surface area contributed by atoms with E-state index in [9.17, 15) is 13.2 Å². The third-order valence-electron chi connectivity index (χ3n) is 3.37. The molecule has 1 aromatic rings. The molecule has 1 aromatic carbocycles. The zero-order valence-electron chi connectivity index (χ0n) is 11.6. The fourth-order valence-electron chi connectivity index (χ4n) is 2.04. The zero-order chi connectivity index (χ0) is 15.5. The van der Waals surface area contributed by atoms with Crippen molar-refractivity contribution in [2.24, 2.45) is 0 Å². The van der Waals surface area contributed by atoms with E-state index in [-0.39, 0.29) is 5.75 Å². The van der Waals surface area contributed by atoms with Crippen LogP contribution in [0, 0.1) is 3.57 Å². The highest BCUT2D eigenvalue weighted by molar-refractivity contribution is 14.1. The van der Waals surface area contributed by atoms with Crippen molar-refractivity contribution in [3.63, 3.8) is 0 Å². The van der Waals surface area contributed by atoms with Gasteiger partial charge in [0, 0.05) is 12.6 Å². The number of methoxy groups -OCH3 is 1. The van der Waals surface area contributed by atoms with E-state index < -0.39 is 12.8 Å². The quantitative estimate of drug-likeness (QED) is 0.716. The van der Waals surface area contributed by atoms with Crippen LogP contribution in [0.5, 0.6) is 11.5 Å². The van der Waals surface area contributed by atoms with Crippen molar-refractivity contribution in [1.29, 1.82) is 0 Å². The Hall–Kier alpha value is -0.700. The number of alkyl halides is 3. The molecular formula is C14H17F3INO2. The number of hydrogen-bond donors (Lipinski definition) is 1. The molecule has 0 bridgehead atoms. The third-order valence-corrected chi connectivity index (χ3v) is 4.17. The predicted octanol–water partition coefficient (Wildman–Crippen LogP) is 3.88. The summed E-state index contributed by atoms with van der Waals surface area (Å²) in [6, 6.07) is 4.09. The fraction of sp³-hybridized carbons (Fsp3) is 0.571. The van der Waals surface area contributed by atoms with Crippen molar-refractivity contribution in [3.05, 3.63) is 21.3 Å². The van der Waals surface area contributed by atoms with E-state index in [1.54, 1.807) is 6.07 Å². The van der Waals surface area contributed by atoms with Gasteiger partial charge in [-0.25, -0.2) is 0 Å². The van der Waals surface area contributed by atoms with Gasteiger partial charge in [0.05, 0.1) is 10.7 Å². The van der Waals surface area contributed by atoms with Crippen LogP contribution in [0.25, 0.3) is 0 Å². The monoisotopic (exact) mass is 415 g/mol. The molecule has 1 aliphatic carbocycles. The Morgan fingerprint density at radius 1 is 1.33 bits per heavy atom. The number of hydrogen-bond acceptors (Lipinski definition) is 3. The van der Waals surface area contributed by atoms with Crippen LogP contribution in [0.15, 0.2) is 12.1 Å². The highest BCUT2D eigenvalue weighted by Crippen LogP contribution is 2.35. The lowest BCUT2D eigenvalue weighted by molar-refractivity contribution is -0.153. The summed E-state index contributed by atoms with van der Waals surface area (Å²) in [5, 5.41) is 3.41. The molecule has 0 unspecified atom stereocenters. The summed E-state index contributed by atoms with van der Waals surface area (Å²) in [5.41, 5.74) is 0.975. The second-order valence-corrected chi connectivity index (χ2v) is 6.18. The molecule has 1 fully saturated rings. The van der Waals surface area contributed by atoms with Gasteiger partial charge in [0.15, 0.2) is 18.1 Å². The minimum absolute atomic E-state index is 0.141. The maximum atomic E-state index is 12.3. The van der Waals surface area contributed by atoms with E-state index in [0.29, 0.717) is 21.9 Å². The van der Waals surface area contributed by atoms with E-state index in [1.165, 1.54) is 26.4 Å². The molecule has 0 amide bonds. The SMILES string of the molecule is COc1cc(CNC2CCC2)cc(I)c1OCC(F)(F)F. The zero-order valence-corrected chi connectivity index (χ0v) is 13.8. The van der Waals surface area contributed by atoms with Gasteiger partial charge in [-0.3, -0.25) is 0 Å². The van der Waals surface area contributed by atoms with Crippen molar-refractivity contribution >= 4 is 22.6 Å². The third kappa shape index (κ3) is 4.91. The van der Waals surface area contributed by atoms with Gasteiger partial charge in [-0.2, -0.15) is 13.2 Å². The predicted molar refractivity (Wildman–Crippen MR) is 81.7 cm³/mol. The van der Waals surface area contributed by atoms with Gasteiger partial charge < -0.3 is 14.8 Å². The molecule has 118 valence electrons. The van der Waals surface area contributed by atoms with E-state index in [0.717, 1.165) is 5.56 Å². The maximum Gasteiger partial charge on any atom is 0.422 e. The van der Waals surface area contributed by atoms with Crippen LogP contribution in [0.4, 0.5) is 13.2 Å². The normalized spacial score (nSPS) is 15.7. The average molecular weight is 415 g/mol. The van der Waals surface area contributed by atoms with Gasteiger partial charge in [-0.15, -0.1) is 0 Å². The Labute approximate surface area is 135 Å². The molecule has 0 spiro atoms. The van der Waals surface area contributed by atoms with E-state index >= 15 is 0 Å². The molecule has 1 saturated carbocycles. The Bertz CT molecular complexity index is 490. The highest BCUT2D eigenvalue weighted by atomic mass is 127. The Kier molecular flexibility index (Phi) is 5.59. The first-order valence-corrected chi connectivity index (χ1v) is 7.76. The smallest absolute Gasteiger partial charge is 0.422 e. The Morgan fingerprint density at radius 3 is 2.57 bits per heavy atom. The standard InChI is InChI=1S/C14H17F3INO2/c1-20-12-6-9(7-19-10-3-2-4-10)5-11(18)13(12)21-8-14(15,16)17/h5-6,10,19H,2-4,7-8H2,1H3. The second-order valence-electron chi connectivity index (χ2n) is 5.02. The van der Waals surface area contributed by atoms with Gasteiger partial charge in [-0.1, -0.05) is 6.42 Å². The molecule has 1 N–H and O–H groups in total. The Balaban J connectivity index is 2.06. The molecule has 0 atom stereocenters. The molecule has 21 heavy (non-hydrogen) atoms. The molecule has 3 nitrogen and oxygen atoms in total. The summed E-state index contributed by atoms with van der Waals surface area (Å²) in [6.07, 6.45) is -0.747. The van der Waals surface area contributed by atoms with Crippen LogP contribution in [0.2, 0.25) is 0 Å². The first-order chi connectivity index (χ1) is 9.89. The van der Waals surface area contributed by atoms with Crippen LogP contribution in [-0.2, 0) is 6.54 Å². The van der Waals surface area contributed by atoms with Crippen LogP contribution in [0.1, 0.15) is 24.8 Å². The molecular weight excluding hydrogens is 398 g/mol. The lowest BCUT2D eigenvalue weighted by Gasteiger charge is -2.26. The lowest BCUT2D eigenvalue weighted by Crippen LogP contribution is -2.34. The lowest BCUT2D eigenvalue weighted by atomic mass is 9.93. The topological polar surface area (TPSA) is 30.5 Å². The van der Waals surface area contributed by atoms with Crippen molar-refractivity contribution in [2.75, 3.05) is 13.7 Å². The maximum absolute atomic E-state index is 12.3. The second kappa shape index (κ2) is 7.04. The summed E-state index contributed by atoms with van der Waals surface area (Å²) in [6.45, 7) is -0.643. The van der Waals surface area contributed by atoms with Gasteiger partial charge >= 0.3 is 6.18 Å². The average Bonchev–Trinajstić information content (AvgIpc) is 2.33. The van der Waals surface area contributed by atoms with Crippen molar-refractivity contribution in [1.82, 2.24) is 5.32 Å². The first-order valence-electron chi connectivity index (χ1n) is 6.68. The van der Waals surface area contributed by atoms with Crippen molar-refractivity contribution < 1.29 is 22.6 Å². The van der Waals surface area contributed by atoms with Crippen LogP contribution in [-0.4, -0.2) is 25.9 Å². The molecule has 0 aliphatic heterocycles. The molecule has 0 saturated heterocycles. The summed E-state index contributed by atoms with van der Waals surface area (Å²) in [4.78, 5) is 0. The van der Waals surface area contributed by atoms with E-state index in [2.05, 4.69) is 5.32 Å². The number of halogens is 4. The van der Waals surface area contributed by atoms with Crippen LogP contribution < -0.4 is 14.8 Å². The minimum atomic E-state index is -4.36. The number of rotatable bonds is 6. The highest BCUT2D eigenvalue weighted by Gasteiger charge is 2.29. The fourth-order valence-corrected chi connectivity index (χ4v) is 2.87. The molecule has 1 aliphatic rings. The summed E-state index contributed by atoms with van der Waals surface area (Å²) >= 11 is 1.97. The van der Waals surface area contributed by atoms with Gasteiger partial charge in [0.25, 0.3) is 0 Å². The van der Waals surface area contributed by atoms with Gasteiger partial charge in [-0.05, 0) is 53.1 Å². The van der Waals surface area contributed by atoms with Gasteiger partial charge in [0.1, 0.15) is 0 Å². The van der Waals surface area contributed by atoms with Crippen LogP contribution in [0.3, 0.4) is 0 Å². The minimum Gasteiger partial charge on any atom is -0.493 e. The number of ether oxygens (including phenoxy) is 2. The van der Waals surface area contributed by atoms with Crippen molar-refractivity contribution in [2.45, 2.75) is 38.0 Å². The largest absolute Gasteiger partial charge is 0.493 e. The first kappa shape index (κ1) is 16.7. The number of nitrogens with one attached hydrogen (secondary N) is 1. The summed E-state index contributed by atoms with van der Waals surface area (Å²) in [5.74, 6) is 0.472. The van der Waals surface area contributed by atoms with Crippen LogP contribution >= 0.6 is 22.6 Å². The summed E-state index contributed by atoms with van der Waals surface area (Å²) < 4.78 is 47.4. The molecule has 2 rings (SSSR count). The Morgan fingerprint density at radius 2 is 2.05 bits per heavy atom. The molecule has 0 aromatic heterocycles. The van der Waals surface area contributed by atoms with E-state index in [1.807, 2.05) is 28.7 Å². The van der Waals surface area contributed by atoms with Gasteiger partial charge in [0.2, 0.25) is 0 Å². The molecule has 0 radical (unpaired) electrons. The number of benzene rings is 1. The molecule has 7 heteroatoms.